The maximum atomic E-state index is 12.2. The van der Waals surface area contributed by atoms with Gasteiger partial charge in [0.1, 0.15) is 6.33 Å². The summed E-state index contributed by atoms with van der Waals surface area (Å²) >= 11 is 0. The van der Waals surface area contributed by atoms with Gasteiger partial charge in [0.15, 0.2) is 0 Å². The topological polar surface area (TPSA) is 107 Å². The first-order chi connectivity index (χ1) is 13.7. The highest BCUT2D eigenvalue weighted by atomic mass is 16.2. The van der Waals surface area contributed by atoms with Crippen molar-refractivity contribution in [3.8, 4) is 11.4 Å². The summed E-state index contributed by atoms with van der Waals surface area (Å²) in [6.45, 7) is 0. The van der Waals surface area contributed by atoms with Crippen LogP contribution in [0.2, 0.25) is 0 Å². The van der Waals surface area contributed by atoms with Crippen LogP contribution in [0.3, 0.4) is 0 Å². The summed E-state index contributed by atoms with van der Waals surface area (Å²) in [6, 6.07) is 17.5. The van der Waals surface area contributed by atoms with E-state index in [0.717, 1.165) is 5.69 Å². The van der Waals surface area contributed by atoms with Gasteiger partial charge in [0.2, 0.25) is 0 Å². The number of amides is 2. The molecule has 9 heteroatoms. The van der Waals surface area contributed by atoms with E-state index in [9.17, 15) is 9.59 Å². The zero-order chi connectivity index (χ0) is 19.3. The Hall–Kier alpha value is -4.27. The standard InChI is InChI=1S/C19H15N7O2/c27-18(14-3-7-16(8-4-14)25-11-1-2-12-25)21-22-19(28)15-5-9-17(10-6-15)26-13-20-23-24-26/h1-13H,(H,21,27)(H,22,28). The third-order valence-electron chi connectivity index (χ3n) is 4.06. The molecule has 0 radical (unpaired) electrons. The van der Waals surface area contributed by atoms with Gasteiger partial charge in [0.05, 0.1) is 5.69 Å². The van der Waals surface area contributed by atoms with E-state index in [4.69, 9.17) is 0 Å². The van der Waals surface area contributed by atoms with Gasteiger partial charge in [0.25, 0.3) is 11.8 Å². The Morgan fingerprint density at radius 1 is 0.750 bits per heavy atom. The van der Waals surface area contributed by atoms with Crippen LogP contribution in [0.15, 0.2) is 79.4 Å². The van der Waals surface area contributed by atoms with Crippen LogP contribution in [-0.2, 0) is 0 Å². The van der Waals surface area contributed by atoms with Gasteiger partial charge in [0, 0.05) is 29.2 Å². The van der Waals surface area contributed by atoms with Crippen LogP contribution in [0.5, 0.6) is 0 Å². The summed E-state index contributed by atoms with van der Waals surface area (Å²) in [5, 5.41) is 10.9. The van der Waals surface area contributed by atoms with Crippen molar-refractivity contribution in [1.82, 2.24) is 35.6 Å². The number of hydrogen-bond acceptors (Lipinski definition) is 5. The second-order valence-corrected chi connectivity index (χ2v) is 5.85. The molecule has 2 N–H and O–H groups in total. The molecule has 4 rings (SSSR count). The molecule has 138 valence electrons. The van der Waals surface area contributed by atoms with Crippen LogP contribution in [0.25, 0.3) is 11.4 Å². The summed E-state index contributed by atoms with van der Waals surface area (Å²) in [6.07, 6.45) is 5.29. The molecule has 2 heterocycles. The number of carbonyl (C=O) groups excluding carboxylic acids is 2. The highest BCUT2D eigenvalue weighted by Gasteiger charge is 2.10. The molecule has 0 saturated heterocycles. The van der Waals surface area contributed by atoms with E-state index in [2.05, 4.69) is 26.4 Å². The second kappa shape index (κ2) is 7.54. The molecule has 28 heavy (non-hydrogen) atoms. The zero-order valence-electron chi connectivity index (χ0n) is 14.6. The first kappa shape index (κ1) is 17.2. The summed E-state index contributed by atoms with van der Waals surface area (Å²) in [5.74, 6) is -0.835. The average Bonchev–Trinajstić information content (AvgIpc) is 3.46. The predicted octanol–water partition coefficient (Wildman–Crippen LogP) is 1.53. The second-order valence-electron chi connectivity index (χ2n) is 5.85. The molecule has 2 aromatic carbocycles. The highest BCUT2D eigenvalue weighted by Crippen LogP contribution is 2.10. The molecule has 0 fully saturated rings. The highest BCUT2D eigenvalue weighted by molar-refractivity contribution is 5.99. The molecule has 0 unspecified atom stereocenters. The normalized spacial score (nSPS) is 10.4. The van der Waals surface area contributed by atoms with Crippen molar-refractivity contribution in [3.05, 3.63) is 90.5 Å². The lowest BCUT2D eigenvalue weighted by atomic mass is 10.2. The Bertz CT molecular complexity index is 981. The van der Waals surface area contributed by atoms with E-state index in [0.29, 0.717) is 16.8 Å². The fourth-order valence-electron chi connectivity index (χ4n) is 2.59. The third kappa shape index (κ3) is 3.63. The molecule has 0 aliphatic heterocycles. The van der Waals surface area contributed by atoms with Gasteiger partial charge in [-0.1, -0.05) is 0 Å². The summed E-state index contributed by atoms with van der Waals surface area (Å²) in [5.41, 5.74) is 7.29. The molecular formula is C19H15N7O2. The van der Waals surface area contributed by atoms with Crippen molar-refractivity contribution in [2.75, 3.05) is 0 Å². The van der Waals surface area contributed by atoms with Crippen LogP contribution < -0.4 is 10.9 Å². The maximum absolute atomic E-state index is 12.2. The van der Waals surface area contributed by atoms with Crippen molar-refractivity contribution < 1.29 is 9.59 Å². The molecule has 0 bridgehead atoms. The number of hydrogen-bond donors (Lipinski definition) is 2. The average molecular weight is 373 g/mol. The fourth-order valence-corrected chi connectivity index (χ4v) is 2.59. The molecular weight excluding hydrogens is 358 g/mol. The van der Waals surface area contributed by atoms with Gasteiger partial charge in [-0.3, -0.25) is 20.4 Å². The molecule has 2 aromatic heterocycles. The lowest BCUT2D eigenvalue weighted by Gasteiger charge is -2.09. The Morgan fingerprint density at radius 3 is 1.79 bits per heavy atom. The number of hydrazine groups is 1. The first-order valence-corrected chi connectivity index (χ1v) is 8.38. The number of benzene rings is 2. The number of aromatic nitrogens is 5. The van der Waals surface area contributed by atoms with Crippen molar-refractivity contribution in [2.24, 2.45) is 0 Å². The lowest BCUT2D eigenvalue weighted by Crippen LogP contribution is -2.41. The minimum absolute atomic E-state index is 0.389. The Balaban J connectivity index is 1.36. The van der Waals surface area contributed by atoms with Crippen molar-refractivity contribution in [1.29, 1.82) is 0 Å². The summed E-state index contributed by atoms with van der Waals surface area (Å²) in [7, 11) is 0. The fraction of sp³-hybridized carbons (Fsp3) is 0. The minimum atomic E-state index is -0.430. The molecule has 0 aliphatic rings. The van der Waals surface area contributed by atoms with E-state index < -0.39 is 11.8 Å². The number of nitrogens with zero attached hydrogens (tertiary/aromatic N) is 5. The molecule has 9 nitrogen and oxygen atoms in total. The smallest absolute Gasteiger partial charge is 0.269 e. The first-order valence-electron chi connectivity index (χ1n) is 8.38. The maximum Gasteiger partial charge on any atom is 0.269 e. The van der Waals surface area contributed by atoms with Crippen molar-refractivity contribution in [2.45, 2.75) is 0 Å². The third-order valence-corrected chi connectivity index (χ3v) is 4.06. The van der Waals surface area contributed by atoms with E-state index in [1.807, 2.05) is 41.2 Å². The van der Waals surface area contributed by atoms with E-state index in [1.54, 1.807) is 36.4 Å². The number of tetrazole rings is 1. The molecule has 0 saturated carbocycles. The Morgan fingerprint density at radius 2 is 1.29 bits per heavy atom. The Labute approximate surface area is 159 Å². The number of nitrogens with one attached hydrogen (secondary N) is 2. The molecule has 2 amide bonds. The predicted molar refractivity (Wildman–Crippen MR) is 99.9 cm³/mol. The molecule has 0 atom stereocenters. The summed E-state index contributed by atoms with van der Waals surface area (Å²) < 4.78 is 3.41. The van der Waals surface area contributed by atoms with Gasteiger partial charge in [-0.05, 0) is 71.1 Å². The van der Waals surface area contributed by atoms with Crippen LogP contribution in [0, 0.1) is 0 Å². The van der Waals surface area contributed by atoms with Crippen LogP contribution in [0.4, 0.5) is 0 Å². The lowest BCUT2D eigenvalue weighted by molar-refractivity contribution is 0.0846. The molecule has 4 aromatic rings. The molecule has 0 spiro atoms. The quantitative estimate of drug-likeness (QED) is 0.528. The van der Waals surface area contributed by atoms with Crippen LogP contribution in [0.1, 0.15) is 20.7 Å². The SMILES string of the molecule is O=C(NNC(=O)c1ccc(-n2cnnn2)cc1)c1ccc(-n2cccc2)cc1. The largest absolute Gasteiger partial charge is 0.324 e. The van der Waals surface area contributed by atoms with Gasteiger partial charge in [-0.15, -0.1) is 5.10 Å². The van der Waals surface area contributed by atoms with Gasteiger partial charge in [-0.25, -0.2) is 4.68 Å². The van der Waals surface area contributed by atoms with Crippen LogP contribution >= 0.6 is 0 Å². The van der Waals surface area contributed by atoms with Crippen molar-refractivity contribution in [3.63, 3.8) is 0 Å². The minimum Gasteiger partial charge on any atom is -0.324 e. The van der Waals surface area contributed by atoms with E-state index in [1.165, 1.54) is 11.0 Å². The summed E-state index contributed by atoms with van der Waals surface area (Å²) in [4.78, 5) is 24.4. The van der Waals surface area contributed by atoms with E-state index in [-0.39, 0.29) is 0 Å². The van der Waals surface area contributed by atoms with E-state index >= 15 is 0 Å². The zero-order valence-corrected chi connectivity index (χ0v) is 14.6. The van der Waals surface area contributed by atoms with Gasteiger partial charge >= 0.3 is 0 Å². The van der Waals surface area contributed by atoms with Gasteiger partial charge < -0.3 is 4.57 Å². The Kier molecular flexibility index (Phi) is 4.62. The molecule has 0 aliphatic carbocycles. The van der Waals surface area contributed by atoms with Gasteiger partial charge in [-0.2, -0.15) is 0 Å². The van der Waals surface area contributed by atoms with Crippen molar-refractivity contribution >= 4 is 11.8 Å². The number of carbonyl (C=O) groups is 2. The number of rotatable bonds is 4. The monoisotopic (exact) mass is 373 g/mol. The van der Waals surface area contributed by atoms with Crippen LogP contribution in [-0.4, -0.2) is 36.6 Å².